The second kappa shape index (κ2) is 15.1. The minimum Gasteiger partial charge on any atom is -0.354 e. The van der Waals surface area contributed by atoms with Crippen LogP contribution in [0.5, 0.6) is 0 Å². The standard InChI is InChI=1S/C37H41N3O2/c41-36(34-20-11-10-19-33(34)32-17-8-3-9-18-32)39-35(37(42)38-25-22-29-13-4-1-5-14-29)21-12-26-40-27-23-31(24-28-40)30-15-6-2-7-16-30/h1-11,13-20,31,35H,12,21-28H2,(H,38,42)(H,39,41)/t35-/m0/s1. The average molecular weight is 560 g/mol. The van der Waals surface area contributed by atoms with Crippen molar-refractivity contribution in [3.05, 3.63) is 132 Å². The molecule has 2 amide bonds. The number of carbonyl (C=O) groups excluding carboxylic acids is 2. The number of hydrogen-bond acceptors (Lipinski definition) is 3. The van der Waals surface area contributed by atoms with Gasteiger partial charge in [-0.15, -0.1) is 0 Å². The summed E-state index contributed by atoms with van der Waals surface area (Å²) >= 11 is 0. The fourth-order valence-corrected chi connectivity index (χ4v) is 5.89. The molecule has 5 heteroatoms. The molecule has 4 aromatic carbocycles. The van der Waals surface area contributed by atoms with Gasteiger partial charge in [-0.3, -0.25) is 9.59 Å². The molecule has 0 saturated carbocycles. The maximum atomic E-state index is 13.6. The number of carbonyl (C=O) groups is 2. The third-order valence-corrected chi connectivity index (χ3v) is 8.26. The van der Waals surface area contributed by atoms with Gasteiger partial charge in [0.2, 0.25) is 5.91 Å². The zero-order chi connectivity index (χ0) is 29.0. The minimum absolute atomic E-state index is 0.126. The molecule has 2 N–H and O–H groups in total. The van der Waals surface area contributed by atoms with Crippen LogP contribution in [0.3, 0.4) is 0 Å². The Morgan fingerprint density at radius 2 is 1.38 bits per heavy atom. The first kappa shape index (κ1) is 29.3. The molecule has 1 heterocycles. The summed E-state index contributed by atoms with van der Waals surface area (Å²) in [7, 11) is 0. The third kappa shape index (κ3) is 8.17. The summed E-state index contributed by atoms with van der Waals surface area (Å²) in [5, 5.41) is 6.17. The Morgan fingerprint density at radius 1 is 0.762 bits per heavy atom. The summed E-state index contributed by atoms with van der Waals surface area (Å²) in [5.41, 5.74) is 5.02. The van der Waals surface area contributed by atoms with Gasteiger partial charge in [-0.25, -0.2) is 0 Å². The molecule has 1 fully saturated rings. The Bertz CT molecular complexity index is 1400. The molecule has 0 spiro atoms. The van der Waals surface area contributed by atoms with Gasteiger partial charge in [0.1, 0.15) is 6.04 Å². The molecule has 0 radical (unpaired) electrons. The number of hydrogen-bond donors (Lipinski definition) is 2. The van der Waals surface area contributed by atoms with Crippen molar-refractivity contribution in [3.63, 3.8) is 0 Å². The molecule has 5 nitrogen and oxygen atoms in total. The van der Waals surface area contributed by atoms with Crippen molar-refractivity contribution >= 4 is 11.8 Å². The zero-order valence-electron chi connectivity index (χ0n) is 24.3. The van der Waals surface area contributed by atoms with Crippen molar-refractivity contribution in [3.8, 4) is 11.1 Å². The Labute approximate surface area is 250 Å². The lowest BCUT2D eigenvalue weighted by Crippen LogP contribution is -2.47. The molecule has 1 atom stereocenters. The van der Waals surface area contributed by atoms with E-state index in [1.54, 1.807) is 0 Å². The highest BCUT2D eigenvalue weighted by atomic mass is 16.2. The van der Waals surface area contributed by atoms with E-state index in [1.807, 2.05) is 72.8 Å². The van der Waals surface area contributed by atoms with E-state index in [9.17, 15) is 9.59 Å². The van der Waals surface area contributed by atoms with Crippen LogP contribution in [-0.2, 0) is 11.2 Å². The van der Waals surface area contributed by atoms with E-state index < -0.39 is 6.04 Å². The van der Waals surface area contributed by atoms with E-state index in [0.29, 0.717) is 24.4 Å². The van der Waals surface area contributed by atoms with E-state index in [-0.39, 0.29) is 11.8 Å². The molecular weight excluding hydrogens is 518 g/mol. The van der Waals surface area contributed by atoms with Gasteiger partial charge in [0, 0.05) is 12.1 Å². The van der Waals surface area contributed by atoms with Crippen LogP contribution in [-0.4, -0.2) is 48.9 Å². The second-order valence-electron chi connectivity index (χ2n) is 11.1. The number of likely N-dealkylation sites (tertiary alicyclic amines) is 1. The molecular formula is C37H41N3O2. The van der Waals surface area contributed by atoms with Crippen molar-refractivity contribution in [1.29, 1.82) is 0 Å². The lowest BCUT2D eigenvalue weighted by molar-refractivity contribution is -0.123. The third-order valence-electron chi connectivity index (χ3n) is 8.26. The molecule has 1 aliphatic rings. The molecule has 5 rings (SSSR count). The van der Waals surface area contributed by atoms with Gasteiger partial charge >= 0.3 is 0 Å². The maximum Gasteiger partial charge on any atom is 0.252 e. The predicted molar refractivity (Wildman–Crippen MR) is 170 cm³/mol. The van der Waals surface area contributed by atoms with Crippen molar-refractivity contribution < 1.29 is 9.59 Å². The van der Waals surface area contributed by atoms with Gasteiger partial charge in [0.25, 0.3) is 5.91 Å². The number of rotatable bonds is 12. The summed E-state index contributed by atoms with van der Waals surface area (Å²) in [5.74, 6) is 0.273. The van der Waals surface area contributed by atoms with E-state index in [0.717, 1.165) is 56.4 Å². The molecule has 42 heavy (non-hydrogen) atoms. The number of amides is 2. The van der Waals surface area contributed by atoms with Crippen LogP contribution >= 0.6 is 0 Å². The van der Waals surface area contributed by atoms with Crippen LogP contribution < -0.4 is 10.6 Å². The molecule has 0 bridgehead atoms. The van der Waals surface area contributed by atoms with E-state index >= 15 is 0 Å². The normalized spacial score (nSPS) is 14.7. The summed E-state index contributed by atoms with van der Waals surface area (Å²) in [6.45, 7) is 3.57. The number of nitrogens with one attached hydrogen (secondary N) is 2. The SMILES string of the molecule is O=C(N[C@@H](CCCN1CCC(c2ccccc2)CC1)C(=O)NCCc1ccccc1)c1ccccc1-c1ccccc1. The van der Waals surface area contributed by atoms with Crippen molar-refractivity contribution in [1.82, 2.24) is 15.5 Å². The first-order chi connectivity index (χ1) is 20.7. The Morgan fingerprint density at radius 3 is 2.10 bits per heavy atom. The van der Waals surface area contributed by atoms with Crippen molar-refractivity contribution in [2.24, 2.45) is 0 Å². The highest BCUT2D eigenvalue weighted by Crippen LogP contribution is 2.28. The monoisotopic (exact) mass is 559 g/mol. The first-order valence-electron chi connectivity index (χ1n) is 15.2. The second-order valence-corrected chi connectivity index (χ2v) is 11.1. The summed E-state index contributed by atoms with van der Waals surface area (Å²) in [6, 6.07) is 37.8. The van der Waals surface area contributed by atoms with Gasteiger partial charge in [0.05, 0.1) is 0 Å². The predicted octanol–water partition coefficient (Wildman–Crippen LogP) is 6.47. The quantitative estimate of drug-likeness (QED) is 0.209. The van der Waals surface area contributed by atoms with Gasteiger partial charge in [-0.05, 0) is 86.0 Å². The molecule has 4 aromatic rings. The largest absolute Gasteiger partial charge is 0.354 e. The van der Waals surface area contributed by atoms with Gasteiger partial charge in [-0.2, -0.15) is 0 Å². The maximum absolute atomic E-state index is 13.6. The smallest absolute Gasteiger partial charge is 0.252 e. The molecule has 1 aliphatic heterocycles. The van der Waals surface area contributed by atoms with E-state index in [1.165, 1.54) is 11.1 Å². The highest BCUT2D eigenvalue weighted by Gasteiger charge is 2.24. The molecule has 0 aliphatic carbocycles. The molecule has 1 saturated heterocycles. The van der Waals surface area contributed by atoms with Crippen molar-refractivity contribution in [2.75, 3.05) is 26.2 Å². The van der Waals surface area contributed by atoms with Gasteiger partial charge < -0.3 is 15.5 Å². The molecule has 0 unspecified atom stereocenters. The van der Waals surface area contributed by atoms with E-state index in [2.05, 4.69) is 58.0 Å². The topological polar surface area (TPSA) is 61.4 Å². The average Bonchev–Trinajstić information content (AvgIpc) is 3.06. The van der Waals surface area contributed by atoms with Crippen LogP contribution in [0.1, 0.15) is 53.1 Å². The summed E-state index contributed by atoms with van der Waals surface area (Å²) in [6.07, 6.45) is 4.49. The minimum atomic E-state index is -0.598. The van der Waals surface area contributed by atoms with Gasteiger partial charge in [0.15, 0.2) is 0 Å². The Hall–Kier alpha value is -4.22. The summed E-state index contributed by atoms with van der Waals surface area (Å²) < 4.78 is 0. The fraction of sp³-hybridized carbons (Fsp3) is 0.297. The first-order valence-corrected chi connectivity index (χ1v) is 15.2. The summed E-state index contributed by atoms with van der Waals surface area (Å²) in [4.78, 5) is 29.5. The Balaban J connectivity index is 1.20. The fourth-order valence-electron chi connectivity index (χ4n) is 5.89. The molecule has 216 valence electrons. The number of piperidine rings is 1. The number of benzene rings is 4. The lowest BCUT2D eigenvalue weighted by atomic mass is 9.89. The van der Waals surface area contributed by atoms with Crippen LogP contribution in [0.25, 0.3) is 11.1 Å². The highest BCUT2D eigenvalue weighted by molar-refractivity contribution is 6.02. The zero-order valence-corrected chi connectivity index (χ0v) is 24.3. The van der Waals surface area contributed by atoms with E-state index in [4.69, 9.17) is 0 Å². The van der Waals surface area contributed by atoms with Crippen molar-refractivity contribution in [2.45, 2.75) is 44.1 Å². The van der Waals surface area contributed by atoms with Crippen LogP contribution in [0.15, 0.2) is 115 Å². The Kier molecular flexibility index (Phi) is 10.5. The van der Waals surface area contributed by atoms with Crippen LogP contribution in [0, 0.1) is 0 Å². The number of nitrogens with zero attached hydrogens (tertiary/aromatic N) is 1. The lowest BCUT2D eigenvalue weighted by Gasteiger charge is -2.32. The van der Waals surface area contributed by atoms with Crippen LogP contribution in [0.2, 0.25) is 0 Å². The van der Waals surface area contributed by atoms with Gasteiger partial charge in [-0.1, -0.05) is 109 Å². The molecule has 0 aromatic heterocycles. The van der Waals surface area contributed by atoms with Crippen LogP contribution in [0.4, 0.5) is 0 Å².